The van der Waals surface area contributed by atoms with Gasteiger partial charge in [-0.1, -0.05) is 12.1 Å². The van der Waals surface area contributed by atoms with Crippen LogP contribution >= 0.6 is 0 Å². The molecule has 0 unspecified atom stereocenters. The van der Waals surface area contributed by atoms with E-state index < -0.39 is 5.97 Å². The molecule has 0 saturated carbocycles. The number of hydrogen-bond acceptors (Lipinski definition) is 5. The summed E-state index contributed by atoms with van der Waals surface area (Å²) in [5, 5.41) is 4.49. The molecule has 3 aromatic rings. The molecule has 9 heteroatoms. The van der Waals surface area contributed by atoms with Crippen molar-refractivity contribution in [2.24, 2.45) is 0 Å². The monoisotopic (exact) mass is 480 g/mol. The number of para-hydroxylation sites is 1. The van der Waals surface area contributed by atoms with Crippen LogP contribution in [0.1, 0.15) is 34.6 Å². The van der Waals surface area contributed by atoms with Gasteiger partial charge in [0.1, 0.15) is 11.6 Å². The van der Waals surface area contributed by atoms with Crippen LogP contribution in [0.25, 0.3) is 5.69 Å². The Balaban J connectivity index is 1.22. The van der Waals surface area contributed by atoms with Crippen LogP contribution in [0.4, 0.5) is 14.5 Å². The van der Waals surface area contributed by atoms with Crippen molar-refractivity contribution in [1.82, 2.24) is 14.7 Å². The highest BCUT2D eigenvalue weighted by molar-refractivity contribution is 5.91. The predicted molar refractivity (Wildman–Crippen MR) is 126 cm³/mol. The van der Waals surface area contributed by atoms with E-state index in [9.17, 15) is 18.4 Å². The second-order valence-corrected chi connectivity index (χ2v) is 8.76. The van der Waals surface area contributed by atoms with E-state index in [4.69, 9.17) is 4.74 Å². The molecule has 2 heterocycles. The molecule has 0 N–H and O–H groups in total. The van der Waals surface area contributed by atoms with Gasteiger partial charge in [-0.2, -0.15) is 5.10 Å². The fraction of sp³-hybridized carbons (Fsp3) is 0.346. The van der Waals surface area contributed by atoms with Gasteiger partial charge < -0.3 is 14.5 Å². The summed E-state index contributed by atoms with van der Waals surface area (Å²) in [6.45, 7) is 1.45. The van der Waals surface area contributed by atoms with E-state index in [1.165, 1.54) is 18.2 Å². The summed E-state index contributed by atoms with van der Waals surface area (Å²) < 4.78 is 34.5. The zero-order valence-corrected chi connectivity index (χ0v) is 19.3. The minimum Gasteiger partial charge on any atom is -0.451 e. The summed E-state index contributed by atoms with van der Waals surface area (Å²) in [6.07, 6.45) is 3.38. The van der Waals surface area contributed by atoms with Crippen LogP contribution < -0.4 is 4.90 Å². The lowest BCUT2D eigenvalue weighted by molar-refractivity contribution is -0.134. The Bertz CT molecular complexity index is 1230. The summed E-state index contributed by atoms with van der Waals surface area (Å²) in [5.41, 5.74) is 3.16. The molecule has 1 saturated heterocycles. The Morgan fingerprint density at radius 2 is 1.63 bits per heavy atom. The summed E-state index contributed by atoms with van der Waals surface area (Å²) in [6, 6.07) is 12.5. The molecule has 1 aliphatic carbocycles. The zero-order chi connectivity index (χ0) is 24.4. The lowest BCUT2D eigenvalue weighted by atomic mass is 9.95. The number of carbonyl (C=O) groups is 2. The number of aromatic nitrogens is 2. The van der Waals surface area contributed by atoms with Crippen molar-refractivity contribution >= 4 is 17.6 Å². The number of piperazine rings is 1. The van der Waals surface area contributed by atoms with Gasteiger partial charge in [0.05, 0.1) is 11.4 Å². The first-order valence-corrected chi connectivity index (χ1v) is 11.8. The number of ether oxygens (including phenoxy) is 1. The highest BCUT2D eigenvalue weighted by Gasteiger charge is 2.28. The SMILES string of the molecule is O=C(OCC(=O)N1CCN(c2ccccc2F)CC1)c1nn(-c2ccc(F)cc2)c2c1CCCC2. The minimum atomic E-state index is -0.637. The third-order valence-corrected chi connectivity index (χ3v) is 6.60. The van der Waals surface area contributed by atoms with Gasteiger partial charge in [0, 0.05) is 37.4 Å². The number of nitrogens with zero attached hydrogens (tertiary/aromatic N) is 4. The largest absolute Gasteiger partial charge is 0.451 e. The van der Waals surface area contributed by atoms with Crippen molar-refractivity contribution in [3.63, 3.8) is 0 Å². The van der Waals surface area contributed by atoms with Crippen molar-refractivity contribution in [2.45, 2.75) is 25.7 Å². The highest BCUT2D eigenvalue weighted by Crippen LogP contribution is 2.27. The average molecular weight is 481 g/mol. The summed E-state index contributed by atoms with van der Waals surface area (Å²) in [5.74, 6) is -1.56. The van der Waals surface area contributed by atoms with Gasteiger partial charge in [-0.3, -0.25) is 4.79 Å². The molecule has 1 aromatic heterocycles. The van der Waals surface area contributed by atoms with Gasteiger partial charge in [-0.25, -0.2) is 18.3 Å². The maximum absolute atomic E-state index is 14.0. The summed E-state index contributed by atoms with van der Waals surface area (Å²) >= 11 is 0. The fourth-order valence-electron chi connectivity index (χ4n) is 4.75. The standard InChI is InChI=1S/C26H26F2N4O3/c27-18-9-11-19(12-10-18)32-22-7-3-1-5-20(22)25(29-32)26(34)35-17-24(33)31-15-13-30(14-16-31)23-8-4-2-6-21(23)28/h2,4,6,8-12H,1,3,5,7,13-17H2. The number of benzene rings is 2. The molecule has 1 aliphatic heterocycles. The van der Waals surface area contributed by atoms with Crippen molar-refractivity contribution < 1.29 is 23.1 Å². The number of carbonyl (C=O) groups excluding carboxylic acids is 2. The Hall–Kier alpha value is -3.75. The molecule has 35 heavy (non-hydrogen) atoms. The minimum absolute atomic E-state index is 0.209. The van der Waals surface area contributed by atoms with Crippen molar-refractivity contribution in [3.05, 3.63) is 77.1 Å². The van der Waals surface area contributed by atoms with Crippen LogP contribution in [0.2, 0.25) is 0 Å². The van der Waals surface area contributed by atoms with Crippen molar-refractivity contribution in [2.75, 3.05) is 37.7 Å². The quantitative estimate of drug-likeness (QED) is 0.523. The summed E-state index contributed by atoms with van der Waals surface area (Å²) in [4.78, 5) is 29.1. The zero-order valence-electron chi connectivity index (χ0n) is 19.3. The number of amides is 1. The first-order chi connectivity index (χ1) is 17.0. The van der Waals surface area contributed by atoms with Gasteiger partial charge in [-0.15, -0.1) is 0 Å². The average Bonchev–Trinajstić information content (AvgIpc) is 3.28. The molecule has 1 amide bonds. The number of rotatable bonds is 5. The molecule has 1 fully saturated rings. The van der Waals surface area contributed by atoms with Crippen LogP contribution in [0.15, 0.2) is 48.5 Å². The molecule has 0 bridgehead atoms. The lowest BCUT2D eigenvalue weighted by Crippen LogP contribution is -2.50. The second-order valence-electron chi connectivity index (χ2n) is 8.76. The third kappa shape index (κ3) is 4.76. The van der Waals surface area contributed by atoms with Gasteiger partial charge >= 0.3 is 5.97 Å². The maximum Gasteiger partial charge on any atom is 0.359 e. The Morgan fingerprint density at radius 1 is 0.914 bits per heavy atom. The third-order valence-electron chi connectivity index (χ3n) is 6.60. The van der Waals surface area contributed by atoms with E-state index in [2.05, 4.69) is 5.10 Å². The van der Waals surface area contributed by atoms with E-state index >= 15 is 0 Å². The first kappa shape index (κ1) is 23.0. The molecular weight excluding hydrogens is 454 g/mol. The number of hydrogen-bond donors (Lipinski definition) is 0. The Kier molecular flexibility index (Phi) is 6.48. The second kappa shape index (κ2) is 9.85. The fourth-order valence-corrected chi connectivity index (χ4v) is 4.75. The molecule has 0 radical (unpaired) electrons. The smallest absolute Gasteiger partial charge is 0.359 e. The number of fused-ring (bicyclic) bond motifs is 1. The normalized spacial score (nSPS) is 15.6. The van der Waals surface area contributed by atoms with Crippen LogP contribution in [0.3, 0.4) is 0 Å². The Morgan fingerprint density at radius 3 is 2.37 bits per heavy atom. The topological polar surface area (TPSA) is 67.7 Å². The number of anilines is 1. The van der Waals surface area contributed by atoms with Gasteiger partial charge in [0.2, 0.25) is 0 Å². The molecule has 7 nitrogen and oxygen atoms in total. The van der Waals surface area contributed by atoms with E-state index in [-0.39, 0.29) is 29.8 Å². The van der Waals surface area contributed by atoms with Crippen LogP contribution in [0, 0.1) is 11.6 Å². The van der Waals surface area contributed by atoms with Gasteiger partial charge in [-0.05, 0) is 62.1 Å². The van der Waals surface area contributed by atoms with Crippen molar-refractivity contribution in [1.29, 1.82) is 0 Å². The summed E-state index contributed by atoms with van der Waals surface area (Å²) in [7, 11) is 0. The van der Waals surface area contributed by atoms with Crippen LogP contribution in [-0.2, 0) is 22.4 Å². The molecular formula is C26H26F2N4O3. The molecule has 2 aromatic carbocycles. The highest BCUT2D eigenvalue weighted by atomic mass is 19.1. The first-order valence-electron chi connectivity index (χ1n) is 11.8. The molecule has 0 spiro atoms. The Labute approximate surface area is 201 Å². The maximum atomic E-state index is 14.0. The molecule has 0 atom stereocenters. The number of esters is 1. The van der Waals surface area contributed by atoms with Gasteiger partial charge in [0.25, 0.3) is 5.91 Å². The van der Waals surface area contributed by atoms with Crippen LogP contribution in [0.5, 0.6) is 0 Å². The van der Waals surface area contributed by atoms with Crippen LogP contribution in [-0.4, -0.2) is 59.3 Å². The lowest BCUT2D eigenvalue weighted by Gasteiger charge is -2.36. The number of halogens is 2. The molecule has 2 aliphatic rings. The molecule has 182 valence electrons. The van der Waals surface area contributed by atoms with E-state index in [0.717, 1.165) is 30.5 Å². The van der Waals surface area contributed by atoms with E-state index in [0.29, 0.717) is 44.0 Å². The van der Waals surface area contributed by atoms with E-state index in [1.54, 1.807) is 39.9 Å². The molecule has 5 rings (SSSR count). The predicted octanol–water partition coefficient (Wildman–Crippen LogP) is 3.53. The van der Waals surface area contributed by atoms with E-state index in [1.807, 2.05) is 4.90 Å². The van der Waals surface area contributed by atoms with Gasteiger partial charge in [0.15, 0.2) is 12.3 Å². The van der Waals surface area contributed by atoms with Crippen molar-refractivity contribution in [3.8, 4) is 5.69 Å².